The molecule has 5 nitrogen and oxygen atoms in total. The van der Waals surface area contributed by atoms with E-state index in [0.29, 0.717) is 17.9 Å². The third-order valence-electron chi connectivity index (χ3n) is 2.74. The van der Waals surface area contributed by atoms with E-state index in [1.54, 1.807) is 11.8 Å². The van der Waals surface area contributed by atoms with Crippen LogP contribution in [-0.4, -0.2) is 28.4 Å². The van der Waals surface area contributed by atoms with Crippen molar-refractivity contribution in [3.63, 3.8) is 0 Å². The molecule has 19 heavy (non-hydrogen) atoms. The second-order valence-corrected chi connectivity index (χ2v) is 5.22. The molecule has 1 heterocycles. The third-order valence-corrected chi connectivity index (χ3v) is 3.91. The average Bonchev–Trinajstić information content (AvgIpc) is 2.84. The molecule has 0 aliphatic carbocycles. The number of thioether (sulfide) groups is 1. The molecule has 0 bridgehead atoms. The SMILES string of the molecule is O=C(NC1CCSC1)c1cc(F)c(F)cc1[N+](=O)[O-]. The third kappa shape index (κ3) is 3.01. The van der Waals surface area contributed by atoms with E-state index in [9.17, 15) is 23.7 Å². The Morgan fingerprint density at radius 2 is 2.11 bits per heavy atom. The molecule has 0 spiro atoms. The van der Waals surface area contributed by atoms with Crippen molar-refractivity contribution in [3.8, 4) is 0 Å². The summed E-state index contributed by atoms with van der Waals surface area (Å²) in [6.07, 6.45) is 0.758. The van der Waals surface area contributed by atoms with Crippen LogP contribution in [0, 0.1) is 21.7 Å². The maximum atomic E-state index is 13.1. The van der Waals surface area contributed by atoms with Gasteiger partial charge in [-0.15, -0.1) is 0 Å². The molecule has 0 aromatic heterocycles. The van der Waals surface area contributed by atoms with Gasteiger partial charge in [-0.3, -0.25) is 14.9 Å². The van der Waals surface area contributed by atoms with Gasteiger partial charge in [0.25, 0.3) is 11.6 Å². The number of amides is 1. The van der Waals surface area contributed by atoms with Crippen LogP contribution in [0.4, 0.5) is 14.5 Å². The van der Waals surface area contributed by atoms with Gasteiger partial charge in [0.15, 0.2) is 11.6 Å². The molecular weight excluding hydrogens is 278 g/mol. The molecule has 1 amide bonds. The Labute approximate surface area is 111 Å². The minimum Gasteiger partial charge on any atom is -0.348 e. The van der Waals surface area contributed by atoms with Crippen LogP contribution in [0.25, 0.3) is 0 Å². The number of hydrogen-bond donors (Lipinski definition) is 1. The molecule has 1 saturated heterocycles. The van der Waals surface area contributed by atoms with E-state index in [1.165, 1.54) is 0 Å². The van der Waals surface area contributed by atoms with Gasteiger partial charge in [0.1, 0.15) is 5.56 Å². The van der Waals surface area contributed by atoms with E-state index >= 15 is 0 Å². The van der Waals surface area contributed by atoms with Crippen LogP contribution < -0.4 is 5.32 Å². The molecule has 0 saturated carbocycles. The number of rotatable bonds is 3. The van der Waals surface area contributed by atoms with Crippen molar-refractivity contribution in [3.05, 3.63) is 39.4 Å². The first-order valence-electron chi connectivity index (χ1n) is 5.51. The van der Waals surface area contributed by atoms with Gasteiger partial charge in [-0.25, -0.2) is 8.78 Å². The van der Waals surface area contributed by atoms with Gasteiger partial charge in [-0.1, -0.05) is 0 Å². The molecule has 1 atom stereocenters. The number of halogens is 2. The fraction of sp³-hybridized carbons (Fsp3) is 0.364. The number of nitro benzene ring substituents is 1. The van der Waals surface area contributed by atoms with Gasteiger partial charge in [0.05, 0.1) is 11.0 Å². The molecular formula is C11H10F2N2O3S. The first-order valence-corrected chi connectivity index (χ1v) is 6.66. The molecule has 0 radical (unpaired) electrons. The number of hydrogen-bond acceptors (Lipinski definition) is 4. The minimum atomic E-state index is -1.35. The zero-order valence-corrected chi connectivity index (χ0v) is 10.5. The smallest absolute Gasteiger partial charge is 0.285 e. The number of benzene rings is 1. The van der Waals surface area contributed by atoms with Crippen molar-refractivity contribution in [2.75, 3.05) is 11.5 Å². The van der Waals surface area contributed by atoms with Gasteiger partial charge in [0, 0.05) is 11.8 Å². The van der Waals surface area contributed by atoms with Crippen LogP contribution in [-0.2, 0) is 0 Å². The van der Waals surface area contributed by atoms with Crippen LogP contribution in [0.5, 0.6) is 0 Å². The summed E-state index contributed by atoms with van der Waals surface area (Å²) in [6, 6.07) is 0.892. The maximum absolute atomic E-state index is 13.1. The number of nitro groups is 1. The molecule has 2 rings (SSSR count). The van der Waals surface area contributed by atoms with E-state index in [4.69, 9.17) is 0 Å². The molecule has 1 aromatic carbocycles. The van der Waals surface area contributed by atoms with Gasteiger partial charge < -0.3 is 5.32 Å². The molecule has 1 N–H and O–H groups in total. The molecule has 1 aliphatic heterocycles. The van der Waals surface area contributed by atoms with Crippen molar-refractivity contribution < 1.29 is 18.5 Å². The molecule has 8 heteroatoms. The van der Waals surface area contributed by atoms with Gasteiger partial charge in [0.2, 0.25) is 0 Å². The lowest BCUT2D eigenvalue weighted by atomic mass is 10.1. The standard InChI is InChI=1S/C11H10F2N2O3S/c12-8-3-7(10(15(17)18)4-9(8)13)11(16)14-6-1-2-19-5-6/h3-4,6H,1-2,5H2,(H,14,16). The Bertz CT molecular complexity index is 533. The summed E-state index contributed by atoms with van der Waals surface area (Å²) in [4.78, 5) is 21.7. The summed E-state index contributed by atoms with van der Waals surface area (Å²) in [6.45, 7) is 0. The van der Waals surface area contributed by atoms with E-state index < -0.39 is 33.7 Å². The fourth-order valence-electron chi connectivity index (χ4n) is 1.78. The Morgan fingerprint density at radius 1 is 1.42 bits per heavy atom. The number of nitrogens with one attached hydrogen (secondary N) is 1. The van der Waals surface area contributed by atoms with Gasteiger partial charge >= 0.3 is 0 Å². The molecule has 1 unspecified atom stereocenters. The number of carbonyl (C=O) groups is 1. The first kappa shape index (κ1) is 13.7. The summed E-state index contributed by atoms with van der Waals surface area (Å²) in [5.74, 6) is -1.78. The second-order valence-electron chi connectivity index (χ2n) is 4.07. The van der Waals surface area contributed by atoms with Crippen LogP contribution in [0.3, 0.4) is 0 Å². The Morgan fingerprint density at radius 3 is 2.68 bits per heavy atom. The Balaban J connectivity index is 2.28. The van der Waals surface area contributed by atoms with Crippen molar-refractivity contribution >= 4 is 23.4 Å². The summed E-state index contributed by atoms with van der Waals surface area (Å²) < 4.78 is 26.1. The normalized spacial score (nSPS) is 18.3. The second kappa shape index (κ2) is 5.52. The van der Waals surface area contributed by atoms with Crippen molar-refractivity contribution in [1.82, 2.24) is 5.32 Å². The summed E-state index contributed by atoms with van der Waals surface area (Å²) >= 11 is 1.65. The highest BCUT2D eigenvalue weighted by molar-refractivity contribution is 7.99. The minimum absolute atomic E-state index is 0.0924. The lowest BCUT2D eigenvalue weighted by Gasteiger charge is -2.11. The van der Waals surface area contributed by atoms with E-state index in [-0.39, 0.29) is 6.04 Å². The number of carbonyl (C=O) groups excluding carboxylic acids is 1. The summed E-state index contributed by atoms with van der Waals surface area (Å²) in [7, 11) is 0. The Kier molecular flexibility index (Phi) is 3.98. The van der Waals surface area contributed by atoms with E-state index in [1.807, 2.05) is 0 Å². The first-order chi connectivity index (χ1) is 8.99. The lowest BCUT2D eigenvalue weighted by Crippen LogP contribution is -2.35. The zero-order valence-electron chi connectivity index (χ0n) is 9.69. The quantitative estimate of drug-likeness (QED) is 0.683. The zero-order chi connectivity index (χ0) is 14.0. The molecule has 102 valence electrons. The highest BCUT2D eigenvalue weighted by atomic mass is 32.2. The highest BCUT2D eigenvalue weighted by Crippen LogP contribution is 2.23. The van der Waals surface area contributed by atoms with Crippen molar-refractivity contribution in [2.24, 2.45) is 0 Å². The summed E-state index contributed by atoms with van der Waals surface area (Å²) in [5.41, 5.74) is -1.19. The largest absolute Gasteiger partial charge is 0.348 e. The lowest BCUT2D eigenvalue weighted by molar-refractivity contribution is -0.385. The summed E-state index contributed by atoms with van der Waals surface area (Å²) in [5, 5.41) is 13.3. The molecule has 1 aliphatic rings. The maximum Gasteiger partial charge on any atom is 0.285 e. The topological polar surface area (TPSA) is 72.2 Å². The highest BCUT2D eigenvalue weighted by Gasteiger charge is 2.26. The predicted octanol–water partition coefficient (Wildman–Crippen LogP) is 2.11. The average molecular weight is 288 g/mol. The van der Waals surface area contributed by atoms with E-state index in [2.05, 4.69) is 5.32 Å². The van der Waals surface area contributed by atoms with Crippen LogP contribution >= 0.6 is 11.8 Å². The van der Waals surface area contributed by atoms with Crippen LogP contribution in [0.2, 0.25) is 0 Å². The monoisotopic (exact) mass is 288 g/mol. The predicted molar refractivity (Wildman–Crippen MR) is 66.2 cm³/mol. The van der Waals surface area contributed by atoms with Crippen LogP contribution in [0.15, 0.2) is 12.1 Å². The van der Waals surface area contributed by atoms with E-state index in [0.717, 1.165) is 12.2 Å². The fourth-order valence-corrected chi connectivity index (χ4v) is 2.93. The van der Waals surface area contributed by atoms with Crippen molar-refractivity contribution in [2.45, 2.75) is 12.5 Å². The Hall–Kier alpha value is -1.70. The van der Waals surface area contributed by atoms with Gasteiger partial charge in [-0.05, 0) is 18.2 Å². The number of nitrogens with zero attached hydrogens (tertiary/aromatic N) is 1. The van der Waals surface area contributed by atoms with Crippen molar-refractivity contribution in [1.29, 1.82) is 0 Å². The van der Waals surface area contributed by atoms with Gasteiger partial charge in [-0.2, -0.15) is 11.8 Å². The molecule has 1 fully saturated rings. The molecule has 1 aromatic rings. The van der Waals surface area contributed by atoms with Crippen LogP contribution in [0.1, 0.15) is 16.8 Å².